The van der Waals surface area contributed by atoms with Crippen molar-refractivity contribution in [2.45, 2.75) is 63.6 Å². The molecule has 1 saturated carbocycles. The van der Waals surface area contributed by atoms with Gasteiger partial charge in [-0.2, -0.15) is 0 Å². The molecule has 2 aliphatic carbocycles. The van der Waals surface area contributed by atoms with Crippen molar-refractivity contribution in [2.24, 2.45) is 0 Å². The van der Waals surface area contributed by atoms with Gasteiger partial charge in [0.25, 0.3) is 0 Å². The summed E-state index contributed by atoms with van der Waals surface area (Å²) in [6.45, 7) is 2.17. The molecular weight excluding hydrogens is 222 g/mol. The van der Waals surface area contributed by atoms with E-state index in [0.717, 1.165) is 25.7 Å². The van der Waals surface area contributed by atoms with Crippen LogP contribution in [0.5, 0.6) is 0 Å². The van der Waals surface area contributed by atoms with Gasteiger partial charge < -0.3 is 10.4 Å². The molecule has 1 aromatic rings. The fraction of sp³-hybridized carbons (Fsp3) is 0.625. The highest BCUT2D eigenvalue weighted by molar-refractivity contribution is 5.37. The van der Waals surface area contributed by atoms with Crippen LogP contribution in [0.3, 0.4) is 0 Å². The molecule has 1 aromatic carbocycles. The maximum absolute atomic E-state index is 9.55. The normalized spacial score (nSPS) is 31.3. The topological polar surface area (TPSA) is 32.3 Å². The highest BCUT2D eigenvalue weighted by Gasteiger charge is 2.26. The first-order valence-corrected chi connectivity index (χ1v) is 7.26. The second kappa shape index (κ2) is 5.02. The van der Waals surface area contributed by atoms with Crippen LogP contribution in [0.4, 0.5) is 0 Å². The third kappa shape index (κ3) is 2.45. The SMILES string of the molecule is Cc1ccc2c(c1)C(NC1CCC(O)CC1)CC2. The number of aliphatic hydroxyl groups excluding tert-OH is 1. The Morgan fingerprint density at radius 2 is 1.89 bits per heavy atom. The lowest BCUT2D eigenvalue weighted by Gasteiger charge is -2.29. The molecule has 0 amide bonds. The molecule has 0 bridgehead atoms. The number of hydrogen-bond donors (Lipinski definition) is 2. The van der Waals surface area contributed by atoms with Crippen LogP contribution in [-0.4, -0.2) is 17.3 Å². The predicted octanol–water partition coefficient (Wildman–Crippen LogP) is 2.88. The molecule has 18 heavy (non-hydrogen) atoms. The highest BCUT2D eigenvalue weighted by atomic mass is 16.3. The molecule has 0 aromatic heterocycles. The number of nitrogens with one attached hydrogen (secondary N) is 1. The van der Waals surface area contributed by atoms with Gasteiger partial charge in [-0.15, -0.1) is 0 Å². The van der Waals surface area contributed by atoms with Crippen LogP contribution in [0.2, 0.25) is 0 Å². The molecule has 0 spiro atoms. The quantitative estimate of drug-likeness (QED) is 0.839. The molecule has 1 fully saturated rings. The Balaban J connectivity index is 1.67. The van der Waals surface area contributed by atoms with Gasteiger partial charge in [-0.25, -0.2) is 0 Å². The molecule has 2 nitrogen and oxygen atoms in total. The maximum Gasteiger partial charge on any atom is 0.0541 e. The maximum atomic E-state index is 9.55. The minimum atomic E-state index is -0.0545. The number of aryl methyl sites for hydroxylation is 2. The Kier molecular flexibility index (Phi) is 3.40. The first kappa shape index (κ1) is 12.2. The van der Waals surface area contributed by atoms with Gasteiger partial charge in [0.05, 0.1) is 6.10 Å². The van der Waals surface area contributed by atoms with E-state index < -0.39 is 0 Å². The zero-order valence-corrected chi connectivity index (χ0v) is 11.2. The van der Waals surface area contributed by atoms with Gasteiger partial charge in [-0.05, 0) is 56.6 Å². The van der Waals surface area contributed by atoms with E-state index in [-0.39, 0.29) is 6.10 Å². The number of rotatable bonds is 2. The third-order valence-electron chi connectivity index (χ3n) is 4.51. The van der Waals surface area contributed by atoms with Crippen molar-refractivity contribution in [1.82, 2.24) is 5.32 Å². The molecule has 1 unspecified atom stereocenters. The molecule has 0 saturated heterocycles. The molecule has 2 N–H and O–H groups in total. The van der Waals surface area contributed by atoms with Crippen molar-refractivity contribution in [1.29, 1.82) is 0 Å². The summed E-state index contributed by atoms with van der Waals surface area (Å²) in [6, 6.07) is 8.00. The van der Waals surface area contributed by atoms with Gasteiger partial charge in [0.2, 0.25) is 0 Å². The monoisotopic (exact) mass is 245 g/mol. The van der Waals surface area contributed by atoms with Crippen molar-refractivity contribution < 1.29 is 5.11 Å². The van der Waals surface area contributed by atoms with Crippen LogP contribution in [0.15, 0.2) is 18.2 Å². The smallest absolute Gasteiger partial charge is 0.0541 e. The highest BCUT2D eigenvalue weighted by Crippen LogP contribution is 2.33. The number of benzene rings is 1. The number of hydrogen-bond acceptors (Lipinski definition) is 2. The molecule has 0 aliphatic heterocycles. The average molecular weight is 245 g/mol. The summed E-state index contributed by atoms with van der Waals surface area (Å²) in [4.78, 5) is 0. The van der Waals surface area contributed by atoms with Gasteiger partial charge in [-0.1, -0.05) is 23.8 Å². The van der Waals surface area contributed by atoms with Crippen molar-refractivity contribution in [3.63, 3.8) is 0 Å². The average Bonchev–Trinajstić information content (AvgIpc) is 2.75. The number of fused-ring (bicyclic) bond motifs is 1. The second-order valence-electron chi connectivity index (χ2n) is 5.97. The minimum Gasteiger partial charge on any atom is -0.393 e. The summed E-state index contributed by atoms with van der Waals surface area (Å²) in [5.74, 6) is 0. The molecule has 98 valence electrons. The summed E-state index contributed by atoms with van der Waals surface area (Å²) >= 11 is 0. The van der Waals surface area contributed by atoms with E-state index in [9.17, 15) is 5.11 Å². The van der Waals surface area contributed by atoms with E-state index in [1.165, 1.54) is 29.5 Å². The Bertz CT molecular complexity index is 421. The standard InChI is InChI=1S/C16H23NO/c1-11-2-3-12-4-9-16(15(12)10-11)17-13-5-7-14(18)8-6-13/h2-3,10,13-14,16-18H,4-9H2,1H3. The first-order chi connectivity index (χ1) is 8.72. The van der Waals surface area contributed by atoms with Crippen LogP contribution in [0.1, 0.15) is 54.8 Å². The molecule has 1 atom stereocenters. The molecule has 2 aliphatic rings. The lowest BCUT2D eigenvalue weighted by molar-refractivity contribution is 0.114. The van der Waals surface area contributed by atoms with Crippen molar-refractivity contribution in [2.75, 3.05) is 0 Å². The van der Waals surface area contributed by atoms with Crippen molar-refractivity contribution in [3.8, 4) is 0 Å². The zero-order chi connectivity index (χ0) is 12.5. The van der Waals surface area contributed by atoms with E-state index in [1.807, 2.05) is 0 Å². The van der Waals surface area contributed by atoms with Crippen LogP contribution < -0.4 is 5.32 Å². The van der Waals surface area contributed by atoms with Crippen LogP contribution >= 0.6 is 0 Å². The molecule has 0 radical (unpaired) electrons. The Morgan fingerprint density at radius 1 is 1.11 bits per heavy atom. The minimum absolute atomic E-state index is 0.0545. The number of aliphatic hydroxyl groups is 1. The fourth-order valence-corrected chi connectivity index (χ4v) is 3.42. The summed E-state index contributed by atoms with van der Waals surface area (Å²) in [5, 5.41) is 13.4. The van der Waals surface area contributed by atoms with E-state index in [0.29, 0.717) is 12.1 Å². The van der Waals surface area contributed by atoms with Crippen molar-refractivity contribution >= 4 is 0 Å². The Labute approximate surface area is 109 Å². The van der Waals surface area contributed by atoms with Crippen LogP contribution in [0.25, 0.3) is 0 Å². The van der Waals surface area contributed by atoms with Gasteiger partial charge in [0.15, 0.2) is 0 Å². The molecular formula is C16H23NO. The van der Waals surface area contributed by atoms with Gasteiger partial charge >= 0.3 is 0 Å². The Hall–Kier alpha value is -0.860. The first-order valence-electron chi connectivity index (χ1n) is 7.26. The third-order valence-corrected chi connectivity index (χ3v) is 4.51. The predicted molar refractivity (Wildman–Crippen MR) is 73.6 cm³/mol. The van der Waals surface area contributed by atoms with Gasteiger partial charge in [0.1, 0.15) is 0 Å². The summed E-state index contributed by atoms with van der Waals surface area (Å²) in [5.41, 5.74) is 4.40. The lowest BCUT2D eigenvalue weighted by Crippen LogP contribution is -2.36. The summed E-state index contributed by atoms with van der Waals surface area (Å²) < 4.78 is 0. The summed E-state index contributed by atoms with van der Waals surface area (Å²) in [6.07, 6.45) is 6.56. The van der Waals surface area contributed by atoms with Crippen LogP contribution in [-0.2, 0) is 6.42 Å². The lowest BCUT2D eigenvalue weighted by atomic mass is 9.92. The fourth-order valence-electron chi connectivity index (χ4n) is 3.42. The zero-order valence-electron chi connectivity index (χ0n) is 11.2. The molecule has 2 heteroatoms. The van der Waals surface area contributed by atoms with Gasteiger partial charge in [0, 0.05) is 12.1 Å². The van der Waals surface area contributed by atoms with Crippen molar-refractivity contribution in [3.05, 3.63) is 34.9 Å². The Morgan fingerprint density at radius 3 is 2.67 bits per heavy atom. The van der Waals surface area contributed by atoms with Gasteiger partial charge in [-0.3, -0.25) is 0 Å². The van der Waals surface area contributed by atoms with E-state index in [2.05, 4.69) is 30.4 Å². The van der Waals surface area contributed by atoms with Crippen LogP contribution in [0, 0.1) is 6.92 Å². The second-order valence-corrected chi connectivity index (χ2v) is 5.97. The molecule has 3 rings (SSSR count). The molecule has 0 heterocycles. The largest absolute Gasteiger partial charge is 0.393 e. The van der Waals surface area contributed by atoms with E-state index in [4.69, 9.17) is 0 Å². The van der Waals surface area contributed by atoms with E-state index in [1.54, 1.807) is 0 Å². The van der Waals surface area contributed by atoms with E-state index >= 15 is 0 Å². The summed E-state index contributed by atoms with van der Waals surface area (Å²) in [7, 11) is 0.